The topological polar surface area (TPSA) is 24.9 Å². The Kier molecular flexibility index (Phi) is 3.40. The molecule has 0 aliphatic rings. The average molecular weight is 210 g/mol. The van der Waals surface area contributed by atoms with Gasteiger partial charge in [0.05, 0.1) is 5.52 Å². The van der Waals surface area contributed by atoms with Gasteiger partial charge in [-0.1, -0.05) is 18.2 Å². The summed E-state index contributed by atoms with van der Waals surface area (Å²) in [6.07, 6.45) is 8.84. The quantitative estimate of drug-likeness (QED) is 0.619. The van der Waals surface area contributed by atoms with Crippen molar-refractivity contribution in [2.75, 3.05) is 11.9 Å². The van der Waals surface area contributed by atoms with Crippen LogP contribution in [0.2, 0.25) is 0 Å². The predicted molar refractivity (Wildman–Crippen MR) is 68.3 cm³/mol. The molecule has 0 fully saturated rings. The maximum Gasteiger partial charge on any atom is 0.0722 e. The van der Waals surface area contributed by atoms with Crippen molar-refractivity contribution in [2.24, 2.45) is 0 Å². The summed E-state index contributed by atoms with van der Waals surface area (Å²) in [5.74, 6) is 2.64. The molecule has 0 amide bonds. The van der Waals surface area contributed by atoms with E-state index in [4.69, 9.17) is 6.42 Å². The molecule has 0 atom stereocenters. The summed E-state index contributed by atoms with van der Waals surface area (Å²) >= 11 is 0. The van der Waals surface area contributed by atoms with Crippen molar-refractivity contribution in [1.82, 2.24) is 4.98 Å². The number of hydrogen-bond donors (Lipinski definition) is 1. The SMILES string of the molecule is C#CCCCNc1ccnc2ccccc12. The number of pyridine rings is 1. The molecule has 1 aromatic heterocycles. The Hall–Kier alpha value is -2.01. The highest BCUT2D eigenvalue weighted by atomic mass is 14.9. The molecule has 0 spiro atoms. The Morgan fingerprint density at radius 1 is 1.25 bits per heavy atom. The molecule has 0 aliphatic carbocycles. The lowest BCUT2D eigenvalue weighted by Crippen LogP contribution is -2.01. The summed E-state index contributed by atoms with van der Waals surface area (Å²) in [5.41, 5.74) is 2.15. The van der Waals surface area contributed by atoms with E-state index in [1.807, 2.05) is 30.5 Å². The van der Waals surface area contributed by atoms with E-state index in [1.54, 1.807) is 0 Å². The normalized spacial score (nSPS) is 9.94. The third-order valence-electron chi connectivity index (χ3n) is 2.46. The largest absolute Gasteiger partial charge is 0.384 e. The molecule has 0 radical (unpaired) electrons. The molecule has 1 heterocycles. The van der Waals surface area contributed by atoms with Gasteiger partial charge in [0.2, 0.25) is 0 Å². The van der Waals surface area contributed by atoms with E-state index in [2.05, 4.69) is 22.3 Å². The van der Waals surface area contributed by atoms with E-state index in [0.717, 1.165) is 36.0 Å². The van der Waals surface area contributed by atoms with Gasteiger partial charge >= 0.3 is 0 Å². The Morgan fingerprint density at radius 2 is 2.12 bits per heavy atom. The van der Waals surface area contributed by atoms with Gasteiger partial charge < -0.3 is 5.32 Å². The molecule has 2 rings (SSSR count). The van der Waals surface area contributed by atoms with Crippen LogP contribution in [0.25, 0.3) is 10.9 Å². The minimum absolute atomic E-state index is 0.815. The molecule has 1 aromatic carbocycles. The van der Waals surface area contributed by atoms with E-state index in [0.29, 0.717) is 0 Å². The number of hydrogen-bond acceptors (Lipinski definition) is 2. The molecule has 2 nitrogen and oxygen atoms in total. The molecule has 1 N–H and O–H groups in total. The fourth-order valence-corrected chi connectivity index (χ4v) is 1.66. The van der Waals surface area contributed by atoms with Crippen LogP contribution in [0.4, 0.5) is 5.69 Å². The van der Waals surface area contributed by atoms with Gasteiger partial charge in [-0.3, -0.25) is 4.98 Å². The van der Waals surface area contributed by atoms with Gasteiger partial charge in [0, 0.05) is 30.2 Å². The second kappa shape index (κ2) is 5.18. The van der Waals surface area contributed by atoms with Crippen molar-refractivity contribution in [1.29, 1.82) is 0 Å². The number of unbranched alkanes of at least 4 members (excludes halogenated alkanes) is 1. The molecule has 2 aromatic rings. The summed E-state index contributed by atoms with van der Waals surface area (Å²) in [6.45, 7) is 0.901. The summed E-state index contributed by atoms with van der Waals surface area (Å²) in [5, 5.41) is 4.54. The van der Waals surface area contributed by atoms with E-state index >= 15 is 0 Å². The van der Waals surface area contributed by atoms with Crippen molar-refractivity contribution in [3.05, 3.63) is 36.5 Å². The Morgan fingerprint density at radius 3 is 3.00 bits per heavy atom. The minimum Gasteiger partial charge on any atom is -0.384 e. The summed E-state index contributed by atoms with van der Waals surface area (Å²) in [6, 6.07) is 10.1. The second-order valence-electron chi connectivity index (χ2n) is 3.61. The number of para-hydroxylation sites is 1. The number of rotatable bonds is 4. The van der Waals surface area contributed by atoms with Crippen LogP contribution < -0.4 is 5.32 Å². The molecule has 80 valence electrons. The lowest BCUT2D eigenvalue weighted by Gasteiger charge is -2.08. The zero-order chi connectivity index (χ0) is 11.2. The van der Waals surface area contributed by atoms with E-state index < -0.39 is 0 Å². The van der Waals surface area contributed by atoms with Crippen LogP contribution in [-0.2, 0) is 0 Å². The first-order valence-corrected chi connectivity index (χ1v) is 5.43. The number of fused-ring (bicyclic) bond motifs is 1. The van der Waals surface area contributed by atoms with Crippen LogP contribution in [0, 0.1) is 12.3 Å². The van der Waals surface area contributed by atoms with Crippen molar-refractivity contribution in [2.45, 2.75) is 12.8 Å². The lowest BCUT2D eigenvalue weighted by molar-refractivity contribution is 0.908. The van der Waals surface area contributed by atoms with Gasteiger partial charge in [-0.15, -0.1) is 12.3 Å². The van der Waals surface area contributed by atoms with E-state index in [9.17, 15) is 0 Å². The van der Waals surface area contributed by atoms with Gasteiger partial charge in [-0.25, -0.2) is 0 Å². The van der Waals surface area contributed by atoms with E-state index in [1.165, 1.54) is 0 Å². The Balaban J connectivity index is 2.15. The van der Waals surface area contributed by atoms with Crippen LogP contribution in [0.3, 0.4) is 0 Å². The summed E-state index contributed by atoms with van der Waals surface area (Å²) in [4.78, 5) is 4.31. The van der Waals surface area contributed by atoms with Crippen LogP contribution in [0.1, 0.15) is 12.8 Å². The number of terminal acetylenes is 1. The standard InChI is InChI=1S/C14H14N2/c1-2-3-6-10-15-14-9-11-16-13-8-5-4-7-12(13)14/h1,4-5,7-9,11H,3,6,10H2,(H,15,16). The molecule has 2 heteroatoms. The van der Waals surface area contributed by atoms with Crippen molar-refractivity contribution in [3.63, 3.8) is 0 Å². The van der Waals surface area contributed by atoms with Crippen LogP contribution >= 0.6 is 0 Å². The highest BCUT2D eigenvalue weighted by molar-refractivity contribution is 5.90. The highest BCUT2D eigenvalue weighted by Crippen LogP contribution is 2.20. The predicted octanol–water partition coefficient (Wildman–Crippen LogP) is 3.06. The maximum atomic E-state index is 5.21. The van der Waals surface area contributed by atoms with Crippen LogP contribution in [0.5, 0.6) is 0 Å². The number of nitrogens with one attached hydrogen (secondary N) is 1. The number of aromatic nitrogens is 1. The molecule has 0 unspecified atom stereocenters. The number of benzene rings is 1. The number of nitrogens with zero attached hydrogens (tertiary/aromatic N) is 1. The van der Waals surface area contributed by atoms with Crippen molar-refractivity contribution < 1.29 is 0 Å². The van der Waals surface area contributed by atoms with Crippen molar-refractivity contribution in [3.8, 4) is 12.3 Å². The third-order valence-corrected chi connectivity index (χ3v) is 2.46. The van der Waals surface area contributed by atoms with Crippen LogP contribution in [0.15, 0.2) is 36.5 Å². The maximum absolute atomic E-state index is 5.21. The fourth-order valence-electron chi connectivity index (χ4n) is 1.66. The lowest BCUT2D eigenvalue weighted by atomic mass is 10.2. The average Bonchev–Trinajstić information content (AvgIpc) is 2.35. The minimum atomic E-state index is 0.815. The van der Waals surface area contributed by atoms with Gasteiger partial charge in [0.15, 0.2) is 0 Å². The zero-order valence-electron chi connectivity index (χ0n) is 9.11. The molecule has 0 bridgehead atoms. The van der Waals surface area contributed by atoms with Gasteiger partial charge in [-0.2, -0.15) is 0 Å². The number of anilines is 1. The smallest absolute Gasteiger partial charge is 0.0722 e. The first-order valence-electron chi connectivity index (χ1n) is 5.43. The molecule has 16 heavy (non-hydrogen) atoms. The van der Waals surface area contributed by atoms with Gasteiger partial charge in [0.1, 0.15) is 0 Å². The molecule has 0 saturated heterocycles. The zero-order valence-corrected chi connectivity index (χ0v) is 9.11. The second-order valence-corrected chi connectivity index (χ2v) is 3.61. The van der Waals surface area contributed by atoms with Crippen LogP contribution in [-0.4, -0.2) is 11.5 Å². The van der Waals surface area contributed by atoms with E-state index in [-0.39, 0.29) is 0 Å². The summed E-state index contributed by atoms with van der Waals surface area (Å²) < 4.78 is 0. The highest BCUT2D eigenvalue weighted by Gasteiger charge is 1.99. The first-order chi connectivity index (χ1) is 7.92. The molecular weight excluding hydrogens is 196 g/mol. The van der Waals surface area contributed by atoms with Crippen molar-refractivity contribution >= 4 is 16.6 Å². The Bertz CT molecular complexity index is 506. The molecular formula is C14H14N2. The van der Waals surface area contributed by atoms with Gasteiger partial charge in [0.25, 0.3) is 0 Å². The molecule has 0 aliphatic heterocycles. The third kappa shape index (κ3) is 2.32. The molecule has 0 saturated carbocycles. The van der Waals surface area contributed by atoms with Gasteiger partial charge in [-0.05, 0) is 18.6 Å². The first kappa shape index (κ1) is 10.5. The monoisotopic (exact) mass is 210 g/mol. The fraction of sp³-hybridized carbons (Fsp3) is 0.214. The summed E-state index contributed by atoms with van der Waals surface area (Å²) in [7, 11) is 0. The Labute approximate surface area is 95.7 Å².